The highest BCUT2D eigenvalue weighted by Gasteiger charge is 2.44. The minimum atomic E-state index is -3.95. The fourth-order valence-electron chi connectivity index (χ4n) is 3.14. The first-order valence-electron chi connectivity index (χ1n) is 7.43. The van der Waals surface area contributed by atoms with Crippen LogP contribution in [0.3, 0.4) is 0 Å². The number of methoxy groups -OCH3 is 1. The predicted molar refractivity (Wildman–Crippen MR) is 80.9 cm³/mol. The molecule has 1 saturated carbocycles. The molecule has 3 N–H and O–H groups in total. The van der Waals surface area contributed by atoms with Gasteiger partial charge in [0, 0.05) is 18.6 Å². The number of carbonyl (C=O) groups is 1. The molecular weight excluding hydrogens is 294 g/mol. The Morgan fingerprint density at radius 1 is 1.38 bits per heavy atom. The quantitative estimate of drug-likeness (QED) is 0.765. The molecule has 1 rings (SSSR count). The first-order valence-corrected chi connectivity index (χ1v) is 8.87. The Kier molecular flexibility index (Phi) is 6.42. The SMILES string of the molecule is CCC1CCC(CN)(N(CC)S(=O)(=O)NC(=O)OC)CC1. The van der Waals surface area contributed by atoms with Crippen molar-refractivity contribution in [2.75, 3.05) is 20.2 Å². The van der Waals surface area contributed by atoms with E-state index >= 15 is 0 Å². The fraction of sp³-hybridized carbons (Fsp3) is 0.923. The van der Waals surface area contributed by atoms with Crippen LogP contribution in [0.2, 0.25) is 0 Å². The number of nitrogens with one attached hydrogen (secondary N) is 1. The van der Waals surface area contributed by atoms with E-state index in [4.69, 9.17) is 5.73 Å². The lowest BCUT2D eigenvalue weighted by atomic mass is 9.75. The van der Waals surface area contributed by atoms with Gasteiger partial charge in [-0.1, -0.05) is 20.3 Å². The number of ether oxygens (including phenoxy) is 1. The van der Waals surface area contributed by atoms with Crippen LogP contribution in [0.4, 0.5) is 4.79 Å². The number of amides is 1. The minimum absolute atomic E-state index is 0.249. The summed E-state index contributed by atoms with van der Waals surface area (Å²) in [5.74, 6) is 0.625. The molecule has 0 saturated heterocycles. The molecule has 1 fully saturated rings. The smallest absolute Gasteiger partial charge is 0.421 e. The lowest BCUT2D eigenvalue weighted by Gasteiger charge is -2.45. The van der Waals surface area contributed by atoms with Crippen LogP contribution in [-0.4, -0.2) is 44.6 Å². The Labute approximate surface area is 127 Å². The molecule has 124 valence electrons. The van der Waals surface area contributed by atoms with Crippen molar-refractivity contribution in [3.05, 3.63) is 0 Å². The number of nitrogens with zero attached hydrogens (tertiary/aromatic N) is 1. The van der Waals surface area contributed by atoms with Gasteiger partial charge < -0.3 is 10.5 Å². The topological polar surface area (TPSA) is 102 Å². The van der Waals surface area contributed by atoms with E-state index in [2.05, 4.69) is 11.7 Å². The molecule has 21 heavy (non-hydrogen) atoms. The fourth-order valence-corrected chi connectivity index (χ4v) is 4.65. The second-order valence-electron chi connectivity index (χ2n) is 5.54. The van der Waals surface area contributed by atoms with Crippen molar-refractivity contribution >= 4 is 16.3 Å². The molecule has 0 spiro atoms. The maximum atomic E-state index is 12.4. The summed E-state index contributed by atoms with van der Waals surface area (Å²) in [7, 11) is -2.82. The summed E-state index contributed by atoms with van der Waals surface area (Å²) in [5.41, 5.74) is 5.30. The number of likely N-dealkylation sites (N-methyl/N-ethyl adjacent to an activating group) is 1. The van der Waals surface area contributed by atoms with Crippen molar-refractivity contribution in [1.82, 2.24) is 9.03 Å². The van der Waals surface area contributed by atoms with Gasteiger partial charge in [-0.15, -0.1) is 0 Å². The zero-order valence-electron chi connectivity index (χ0n) is 13.1. The van der Waals surface area contributed by atoms with Crippen LogP contribution >= 0.6 is 0 Å². The lowest BCUT2D eigenvalue weighted by molar-refractivity contribution is 0.112. The van der Waals surface area contributed by atoms with Gasteiger partial charge in [-0.3, -0.25) is 0 Å². The largest absolute Gasteiger partial charge is 0.452 e. The maximum Gasteiger partial charge on any atom is 0.421 e. The Balaban J connectivity index is 2.97. The van der Waals surface area contributed by atoms with Gasteiger partial charge in [0.05, 0.1) is 7.11 Å². The van der Waals surface area contributed by atoms with E-state index in [0.717, 1.165) is 39.2 Å². The number of carbonyl (C=O) groups excluding carboxylic acids is 1. The molecule has 1 amide bonds. The average Bonchev–Trinajstić information content (AvgIpc) is 2.47. The first-order chi connectivity index (χ1) is 9.85. The van der Waals surface area contributed by atoms with Gasteiger partial charge >= 0.3 is 16.3 Å². The molecule has 8 heteroatoms. The van der Waals surface area contributed by atoms with Gasteiger partial charge in [0.15, 0.2) is 0 Å². The van der Waals surface area contributed by atoms with E-state index in [0.29, 0.717) is 5.92 Å². The highest BCUT2D eigenvalue weighted by Crippen LogP contribution is 2.38. The van der Waals surface area contributed by atoms with Gasteiger partial charge in [0.2, 0.25) is 0 Å². The Morgan fingerprint density at radius 2 is 1.95 bits per heavy atom. The monoisotopic (exact) mass is 321 g/mol. The average molecular weight is 321 g/mol. The van der Waals surface area contributed by atoms with E-state index < -0.39 is 21.8 Å². The van der Waals surface area contributed by atoms with E-state index in [1.165, 1.54) is 4.31 Å². The minimum Gasteiger partial charge on any atom is -0.452 e. The van der Waals surface area contributed by atoms with Crippen molar-refractivity contribution in [2.45, 2.75) is 51.5 Å². The second kappa shape index (κ2) is 7.42. The molecule has 1 aliphatic carbocycles. The predicted octanol–water partition coefficient (Wildman–Crippen LogP) is 1.21. The zero-order chi connectivity index (χ0) is 16.1. The Morgan fingerprint density at radius 3 is 2.33 bits per heavy atom. The molecule has 1 aliphatic rings. The molecule has 0 bridgehead atoms. The molecular formula is C13H27N3O4S. The molecule has 0 heterocycles. The summed E-state index contributed by atoms with van der Waals surface area (Å²) in [6.07, 6.45) is 3.47. The van der Waals surface area contributed by atoms with Crippen LogP contribution in [0.5, 0.6) is 0 Å². The standard InChI is InChI=1S/C13H27N3O4S/c1-4-11-6-8-13(10-14,9-7-11)16(5-2)21(18,19)15-12(17)20-3/h11H,4-10,14H2,1-3H3,(H,15,17). The van der Waals surface area contributed by atoms with Gasteiger partial charge in [-0.25, -0.2) is 9.52 Å². The first kappa shape index (κ1) is 18.2. The number of rotatable bonds is 6. The van der Waals surface area contributed by atoms with Gasteiger partial charge in [0.1, 0.15) is 0 Å². The van der Waals surface area contributed by atoms with Gasteiger partial charge in [-0.05, 0) is 31.6 Å². The van der Waals surface area contributed by atoms with Crippen molar-refractivity contribution in [3.8, 4) is 0 Å². The van der Waals surface area contributed by atoms with Crippen LogP contribution in [0.15, 0.2) is 0 Å². The maximum absolute atomic E-state index is 12.4. The van der Waals surface area contributed by atoms with E-state index in [1.807, 2.05) is 4.72 Å². The summed E-state index contributed by atoms with van der Waals surface area (Å²) in [4.78, 5) is 11.3. The third-order valence-electron chi connectivity index (χ3n) is 4.50. The molecule has 0 aromatic carbocycles. The van der Waals surface area contributed by atoms with Crippen LogP contribution < -0.4 is 10.5 Å². The molecule has 0 radical (unpaired) electrons. The molecule has 0 aromatic rings. The molecule has 0 aromatic heterocycles. The summed E-state index contributed by atoms with van der Waals surface area (Å²) >= 11 is 0. The summed E-state index contributed by atoms with van der Waals surface area (Å²) < 4.78 is 32.4. The van der Waals surface area contributed by atoms with Crippen molar-refractivity contribution in [3.63, 3.8) is 0 Å². The summed E-state index contributed by atoms with van der Waals surface area (Å²) in [6.45, 7) is 4.41. The Bertz CT molecular complexity index is 444. The van der Waals surface area contributed by atoms with Crippen molar-refractivity contribution in [2.24, 2.45) is 11.7 Å². The van der Waals surface area contributed by atoms with Crippen molar-refractivity contribution < 1.29 is 17.9 Å². The highest BCUT2D eigenvalue weighted by atomic mass is 32.2. The molecule has 0 aliphatic heterocycles. The van der Waals surface area contributed by atoms with E-state index in [1.54, 1.807) is 6.92 Å². The normalized spacial score (nSPS) is 26.6. The summed E-state index contributed by atoms with van der Waals surface area (Å²) in [6, 6.07) is 0. The van der Waals surface area contributed by atoms with Gasteiger partial charge in [0.25, 0.3) is 0 Å². The summed E-state index contributed by atoms with van der Waals surface area (Å²) in [5, 5.41) is 0. The third kappa shape index (κ3) is 4.08. The highest BCUT2D eigenvalue weighted by molar-refractivity contribution is 7.87. The van der Waals surface area contributed by atoms with Crippen molar-refractivity contribution in [1.29, 1.82) is 0 Å². The van der Waals surface area contributed by atoms with Crippen LogP contribution in [-0.2, 0) is 14.9 Å². The van der Waals surface area contributed by atoms with Crippen LogP contribution in [0.25, 0.3) is 0 Å². The molecule has 0 atom stereocenters. The van der Waals surface area contributed by atoms with E-state index in [9.17, 15) is 13.2 Å². The zero-order valence-corrected chi connectivity index (χ0v) is 13.9. The van der Waals surface area contributed by atoms with E-state index in [-0.39, 0.29) is 13.1 Å². The molecule has 7 nitrogen and oxygen atoms in total. The van der Waals surface area contributed by atoms with Crippen LogP contribution in [0.1, 0.15) is 46.0 Å². The van der Waals surface area contributed by atoms with Crippen LogP contribution in [0, 0.1) is 5.92 Å². The lowest BCUT2D eigenvalue weighted by Crippen LogP contribution is -2.60. The number of nitrogens with two attached hydrogens (primary N) is 1. The number of hydrogen-bond acceptors (Lipinski definition) is 5. The van der Waals surface area contributed by atoms with Gasteiger partial charge in [-0.2, -0.15) is 12.7 Å². The second-order valence-corrected chi connectivity index (χ2v) is 7.14. The Hall–Kier alpha value is -0.860. The molecule has 0 unspecified atom stereocenters. The third-order valence-corrected chi connectivity index (χ3v) is 6.15. The number of hydrogen-bond donors (Lipinski definition) is 2.